The van der Waals surface area contributed by atoms with E-state index in [1.54, 1.807) is 12.1 Å². The van der Waals surface area contributed by atoms with Gasteiger partial charge in [-0.05, 0) is 43.1 Å². The van der Waals surface area contributed by atoms with Gasteiger partial charge in [0.2, 0.25) is 5.91 Å². The molecule has 2 aromatic heterocycles. The summed E-state index contributed by atoms with van der Waals surface area (Å²) in [6.07, 6.45) is 0.519. The van der Waals surface area contributed by atoms with Crippen LogP contribution in [-0.4, -0.2) is 27.2 Å². The highest BCUT2D eigenvalue weighted by molar-refractivity contribution is 7.10. The Balaban J connectivity index is 2.31. The summed E-state index contributed by atoms with van der Waals surface area (Å²) < 4.78 is 4.15. The molecule has 0 aliphatic carbocycles. The molecule has 0 spiro atoms. The lowest BCUT2D eigenvalue weighted by atomic mass is 10.2. The van der Waals surface area contributed by atoms with Crippen LogP contribution in [-0.2, 0) is 4.79 Å². The average Bonchev–Trinajstić information content (AvgIpc) is 2.89. The van der Waals surface area contributed by atoms with Crippen molar-refractivity contribution in [3.8, 4) is 0 Å². The Morgan fingerprint density at radius 3 is 2.61 bits per heavy atom. The zero-order chi connectivity index (χ0) is 17.0. The van der Waals surface area contributed by atoms with Crippen LogP contribution < -0.4 is 22.1 Å². The summed E-state index contributed by atoms with van der Waals surface area (Å²) in [5.74, 6) is -0.356. The number of anilines is 3. The number of amides is 2. The lowest BCUT2D eigenvalue weighted by Crippen LogP contribution is -2.35. The van der Waals surface area contributed by atoms with E-state index < -0.39 is 17.9 Å². The van der Waals surface area contributed by atoms with Crippen molar-refractivity contribution in [2.45, 2.75) is 26.3 Å². The molecule has 2 amide bonds. The summed E-state index contributed by atoms with van der Waals surface area (Å²) in [6, 6.07) is 4.41. The lowest BCUT2D eigenvalue weighted by Gasteiger charge is -2.15. The summed E-state index contributed by atoms with van der Waals surface area (Å²) in [4.78, 5) is 27.2. The summed E-state index contributed by atoms with van der Waals surface area (Å²) in [6.45, 7) is 3.69. The van der Waals surface area contributed by atoms with E-state index in [4.69, 9.17) is 11.5 Å². The summed E-state index contributed by atoms with van der Waals surface area (Å²) in [5.41, 5.74) is 11.8. The van der Waals surface area contributed by atoms with Crippen molar-refractivity contribution in [3.63, 3.8) is 0 Å². The Labute approximate surface area is 137 Å². The molecule has 0 saturated carbocycles. The summed E-state index contributed by atoms with van der Waals surface area (Å²) in [7, 11) is 0. The van der Waals surface area contributed by atoms with Gasteiger partial charge in [0.15, 0.2) is 0 Å². The van der Waals surface area contributed by atoms with Gasteiger partial charge in [-0.15, -0.1) is 0 Å². The van der Waals surface area contributed by atoms with Gasteiger partial charge in [-0.1, -0.05) is 6.92 Å². The van der Waals surface area contributed by atoms with Crippen LogP contribution in [0, 0.1) is 6.92 Å². The van der Waals surface area contributed by atoms with E-state index in [-0.39, 0.29) is 5.56 Å². The number of nitrogens with zero attached hydrogens (tertiary/aromatic N) is 2. The van der Waals surface area contributed by atoms with E-state index in [0.29, 0.717) is 18.1 Å². The molecule has 23 heavy (non-hydrogen) atoms. The van der Waals surface area contributed by atoms with Gasteiger partial charge >= 0.3 is 0 Å². The third-order valence-electron chi connectivity index (χ3n) is 3.10. The SMILES string of the molecule is CCC(Nc1ccc(C(N)=O)c(Nc2cc(C)ns2)n1)C(N)=O. The molecule has 0 aromatic carbocycles. The van der Waals surface area contributed by atoms with Crippen LogP contribution in [0.2, 0.25) is 0 Å². The molecule has 2 heterocycles. The van der Waals surface area contributed by atoms with Gasteiger partial charge in [-0.2, -0.15) is 4.37 Å². The van der Waals surface area contributed by atoms with E-state index in [2.05, 4.69) is 20.0 Å². The molecule has 0 bridgehead atoms. The van der Waals surface area contributed by atoms with Gasteiger partial charge in [0.05, 0.1) is 11.3 Å². The van der Waals surface area contributed by atoms with Crippen LogP contribution in [0.3, 0.4) is 0 Å². The minimum Gasteiger partial charge on any atom is -0.368 e. The summed E-state index contributed by atoms with van der Waals surface area (Å²) in [5, 5.41) is 6.69. The second kappa shape index (κ2) is 7.05. The first-order chi connectivity index (χ1) is 10.9. The van der Waals surface area contributed by atoms with Crippen molar-refractivity contribution >= 4 is 40.0 Å². The first kappa shape index (κ1) is 16.7. The van der Waals surface area contributed by atoms with Crippen molar-refractivity contribution in [2.24, 2.45) is 11.5 Å². The van der Waals surface area contributed by atoms with Crippen LogP contribution >= 0.6 is 11.5 Å². The Morgan fingerprint density at radius 2 is 2.09 bits per heavy atom. The van der Waals surface area contributed by atoms with Crippen molar-refractivity contribution in [3.05, 3.63) is 29.5 Å². The topological polar surface area (TPSA) is 136 Å². The third-order valence-corrected chi connectivity index (χ3v) is 3.90. The standard InChI is InChI=1S/C14H18N6O2S/c1-3-9(13(16)22)17-10-5-4-8(12(15)21)14(18-10)19-11-6-7(2)20-23-11/h4-6,9H,3H2,1-2H3,(H2,15,21)(H2,16,22)(H2,17,18,19). The second-order valence-corrected chi connectivity index (χ2v) is 5.73. The van der Waals surface area contributed by atoms with E-state index in [0.717, 1.165) is 10.7 Å². The number of hydrogen-bond donors (Lipinski definition) is 4. The Kier molecular flexibility index (Phi) is 5.12. The van der Waals surface area contributed by atoms with Crippen LogP contribution in [0.5, 0.6) is 0 Å². The lowest BCUT2D eigenvalue weighted by molar-refractivity contribution is -0.118. The molecule has 6 N–H and O–H groups in total. The third kappa shape index (κ3) is 4.16. The highest BCUT2D eigenvalue weighted by Crippen LogP contribution is 2.24. The van der Waals surface area contributed by atoms with Crippen LogP contribution in [0.4, 0.5) is 16.6 Å². The van der Waals surface area contributed by atoms with E-state index in [1.165, 1.54) is 11.5 Å². The van der Waals surface area contributed by atoms with Crippen molar-refractivity contribution < 1.29 is 9.59 Å². The van der Waals surface area contributed by atoms with Crippen LogP contribution in [0.15, 0.2) is 18.2 Å². The zero-order valence-corrected chi connectivity index (χ0v) is 13.6. The Morgan fingerprint density at radius 1 is 1.35 bits per heavy atom. The Bertz CT molecular complexity index is 730. The zero-order valence-electron chi connectivity index (χ0n) is 12.8. The maximum absolute atomic E-state index is 11.6. The highest BCUT2D eigenvalue weighted by atomic mass is 32.1. The maximum Gasteiger partial charge on any atom is 0.252 e. The highest BCUT2D eigenvalue weighted by Gasteiger charge is 2.16. The molecular weight excluding hydrogens is 316 g/mol. The first-order valence-corrected chi connectivity index (χ1v) is 7.75. The molecular formula is C14H18N6O2S. The number of carbonyl (C=O) groups is 2. The monoisotopic (exact) mass is 334 g/mol. The molecule has 1 atom stereocenters. The number of aryl methyl sites for hydroxylation is 1. The van der Waals surface area contributed by atoms with Crippen LogP contribution in [0.1, 0.15) is 29.4 Å². The first-order valence-electron chi connectivity index (χ1n) is 6.97. The van der Waals surface area contributed by atoms with Crippen molar-refractivity contribution in [1.82, 2.24) is 9.36 Å². The fraction of sp³-hybridized carbons (Fsp3) is 0.286. The minimum atomic E-state index is -0.602. The minimum absolute atomic E-state index is 0.244. The van der Waals surface area contributed by atoms with Gasteiger partial charge in [-0.25, -0.2) is 4.98 Å². The summed E-state index contributed by atoms with van der Waals surface area (Å²) >= 11 is 1.25. The molecule has 0 aliphatic heterocycles. The van der Waals surface area contributed by atoms with E-state index in [9.17, 15) is 9.59 Å². The molecule has 8 nitrogen and oxygen atoms in total. The second-order valence-electron chi connectivity index (χ2n) is 4.92. The molecule has 2 rings (SSSR count). The van der Waals surface area contributed by atoms with Gasteiger partial charge in [0.25, 0.3) is 5.91 Å². The number of nitrogens with two attached hydrogens (primary N) is 2. The molecule has 0 radical (unpaired) electrons. The smallest absolute Gasteiger partial charge is 0.252 e. The van der Waals surface area contributed by atoms with E-state index >= 15 is 0 Å². The molecule has 2 aromatic rings. The quantitative estimate of drug-likeness (QED) is 0.603. The Hall–Kier alpha value is -2.68. The number of hydrogen-bond acceptors (Lipinski definition) is 7. The number of pyridine rings is 1. The fourth-order valence-electron chi connectivity index (χ4n) is 1.93. The maximum atomic E-state index is 11.6. The molecule has 1 unspecified atom stereocenters. The van der Waals surface area contributed by atoms with E-state index in [1.807, 2.05) is 19.9 Å². The number of primary amides is 2. The van der Waals surface area contributed by atoms with Crippen molar-refractivity contribution in [1.29, 1.82) is 0 Å². The molecule has 9 heteroatoms. The number of aromatic nitrogens is 2. The predicted molar refractivity (Wildman–Crippen MR) is 89.8 cm³/mol. The molecule has 0 saturated heterocycles. The average molecular weight is 334 g/mol. The van der Waals surface area contributed by atoms with Crippen LogP contribution in [0.25, 0.3) is 0 Å². The van der Waals surface area contributed by atoms with Gasteiger partial charge in [-0.3, -0.25) is 9.59 Å². The van der Waals surface area contributed by atoms with Crippen molar-refractivity contribution in [2.75, 3.05) is 10.6 Å². The molecule has 0 aliphatic rings. The molecule has 122 valence electrons. The normalized spacial score (nSPS) is 11.7. The largest absolute Gasteiger partial charge is 0.368 e. The predicted octanol–water partition coefficient (Wildman–Crippen LogP) is 1.36. The number of rotatable bonds is 7. The van der Waals surface area contributed by atoms with Gasteiger partial charge < -0.3 is 22.1 Å². The number of carbonyl (C=O) groups excluding carboxylic acids is 2. The number of nitrogens with one attached hydrogen (secondary N) is 2. The van der Waals surface area contributed by atoms with Gasteiger partial charge in [0, 0.05) is 0 Å². The molecule has 0 fully saturated rings. The fourth-order valence-corrected chi connectivity index (χ4v) is 2.59. The van der Waals surface area contributed by atoms with Gasteiger partial charge in [0.1, 0.15) is 22.7 Å².